The van der Waals surface area contributed by atoms with Gasteiger partial charge in [-0.15, -0.1) is 11.3 Å². The molecule has 124 valence electrons. The topological polar surface area (TPSA) is 30.0 Å². The highest BCUT2D eigenvalue weighted by atomic mass is 32.1. The Kier molecular flexibility index (Phi) is 5.88. The summed E-state index contributed by atoms with van der Waals surface area (Å²) in [5, 5.41) is 11.6. The van der Waals surface area contributed by atoms with Gasteiger partial charge in [-0.05, 0) is 50.8 Å². The van der Waals surface area contributed by atoms with Gasteiger partial charge >= 0.3 is 0 Å². The average molecular weight is 324 g/mol. The molecular formula is C17H29N3OS. The highest BCUT2D eigenvalue weighted by Gasteiger charge is 2.32. The van der Waals surface area contributed by atoms with Gasteiger partial charge in [0.15, 0.2) is 0 Å². The summed E-state index contributed by atoms with van der Waals surface area (Å²) in [6.45, 7) is 7.22. The Hall–Kier alpha value is -0.460. The van der Waals surface area contributed by atoms with Crippen LogP contribution in [0.25, 0.3) is 0 Å². The van der Waals surface area contributed by atoms with Crippen LogP contribution in [0.15, 0.2) is 17.5 Å². The third kappa shape index (κ3) is 4.09. The van der Waals surface area contributed by atoms with Crippen LogP contribution in [0.1, 0.15) is 24.1 Å². The van der Waals surface area contributed by atoms with E-state index in [-0.39, 0.29) is 0 Å². The van der Waals surface area contributed by atoms with E-state index in [1.165, 1.54) is 30.8 Å². The third-order valence-electron chi connectivity index (χ3n) is 5.19. The zero-order valence-corrected chi connectivity index (χ0v) is 14.5. The summed E-state index contributed by atoms with van der Waals surface area (Å²) in [7, 11) is 2.22. The second-order valence-corrected chi connectivity index (χ2v) is 7.79. The van der Waals surface area contributed by atoms with Crippen LogP contribution in [0.5, 0.6) is 0 Å². The van der Waals surface area contributed by atoms with Crippen molar-refractivity contribution < 1.29 is 5.11 Å². The maximum atomic E-state index is 9.47. The van der Waals surface area contributed by atoms with E-state index in [1.807, 2.05) is 11.3 Å². The first kappa shape index (κ1) is 16.4. The Morgan fingerprint density at radius 1 is 1.23 bits per heavy atom. The fourth-order valence-electron chi connectivity index (χ4n) is 3.91. The molecule has 2 saturated heterocycles. The lowest BCUT2D eigenvalue weighted by atomic mass is 9.98. The van der Waals surface area contributed by atoms with Gasteiger partial charge in [-0.2, -0.15) is 0 Å². The van der Waals surface area contributed by atoms with Gasteiger partial charge in [-0.3, -0.25) is 9.80 Å². The van der Waals surface area contributed by atoms with Crippen molar-refractivity contribution in [1.82, 2.24) is 14.7 Å². The fraction of sp³-hybridized carbons (Fsp3) is 0.765. The Morgan fingerprint density at radius 3 is 2.73 bits per heavy atom. The average Bonchev–Trinajstić information content (AvgIpc) is 3.02. The van der Waals surface area contributed by atoms with Crippen LogP contribution in [0.4, 0.5) is 0 Å². The molecule has 1 aromatic heterocycles. The molecule has 0 aliphatic carbocycles. The maximum absolute atomic E-state index is 9.47. The molecule has 2 aliphatic heterocycles. The van der Waals surface area contributed by atoms with Gasteiger partial charge in [0.1, 0.15) is 0 Å². The number of aliphatic hydroxyl groups is 1. The summed E-state index contributed by atoms with van der Waals surface area (Å²) in [6.07, 6.45) is 3.47. The van der Waals surface area contributed by atoms with Gasteiger partial charge < -0.3 is 10.0 Å². The van der Waals surface area contributed by atoms with Crippen molar-refractivity contribution in [1.29, 1.82) is 0 Å². The lowest BCUT2D eigenvalue weighted by Gasteiger charge is -2.47. The number of hydrogen-bond acceptors (Lipinski definition) is 5. The molecule has 0 amide bonds. The van der Waals surface area contributed by atoms with Crippen molar-refractivity contribution in [3.8, 4) is 0 Å². The fourth-order valence-corrected chi connectivity index (χ4v) is 4.66. The molecule has 1 aromatic rings. The number of hydrogen-bond donors (Lipinski definition) is 1. The van der Waals surface area contributed by atoms with Crippen molar-refractivity contribution in [2.24, 2.45) is 0 Å². The second kappa shape index (κ2) is 7.88. The summed E-state index contributed by atoms with van der Waals surface area (Å²) < 4.78 is 0. The standard InChI is InChI=1S/C17H29N3OS/c1-18-7-4-15(5-8-18)20-10-9-19(13-16(20)6-11-21)14-17-3-2-12-22-17/h2-3,12,15-16,21H,4-11,13-14H2,1H3. The highest BCUT2D eigenvalue weighted by molar-refractivity contribution is 7.09. The summed E-state index contributed by atoms with van der Waals surface area (Å²) in [4.78, 5) is 9.16. The van der Waals surface area contributed by atoms with Gasteiger partial charge in [0.05, 0.1) is 0 Å². The van der Waals surface area contributed by atoms with Crippen LogP contribution in [-0.2, 0) is 6.54 Å². The van der Waals surface area contributed by atoms with E-state index in [0.717, 1.165) is 38.6 Å². The van der Waals surface area contributed by atoms with Gasteiger partial charge in [0.25, 0.3) is 0 Å². The zero-order chi connectivity index (χ0) is 15.4. The van der Waals surface area contributed by atoms with Crippen LogP contribution >= 0.6 is 11.3 Å². The number of nitrogens with zero attached hydrogens (tertiary/aromatic N) is 3. The Bertz CT molecular complexity index is 431. The Morgan fingerprint density at radius 2 is 2.05 bits per heavy atom. The summed E-state index contributed by atoms with van der Waals surface area (Å²) in [5.41, 5.74) is 0. The number of likely N-dealkylation sites (tertiary alicyclic amines) is 1. The van der Waals surface area contributed by atoms with E-state index in [1.54, 1.807) is 0 Å². The quantitative estimate of drug-likeness (QED) is 0.893. The molecule has 0 spiro atoms. The lowest BCUT2D eigenvalue weighted by molar-refractivity contribution is 0.00629. The first-order valence-corrected chi connectivity index (χ1v) is 9.44. The minimum absolute atomic E-state index is 0.306. The van der Waals surface area contributed by atoms with Crippen LogP contribution < -0.4 is 0 Å². The smallest absolute Gasteiger partial charge is 0.0446 e. The van der Waals surface area contributed by atoms with Gasteiger partial charge in [-0.1, -0.05) is 6.07 Å². The number of piperazine rings is 1. The molecule has 22 heavy (non-hydrogen) atoms. The van der Waals surface area contributed by atoms with Gasteiger partial charge in [0.2, 0.25) is 0 Å². The highest BCUT2D eigenvalue weighted by Crippen LogP contribution is 2.24. The molecular weight excluding hydrogens is 294 g/mol. The molecule has 0 bridgehead atoms. The monoisotopic (exact) mass is 323 g/mol. The molecule has 2 fully saturated rings. The minimum Gasteiger partial charge on any atom is -0.396 e. The number of piperidine rings is 1. The molecule has 0 radical (unpaired) electrons. The molecule has 5 heteroatoms. The summed E-state index contributed by atoms with van der Waals surface area (Å²) >= 11 is 1.85. The van der Waals surface area contributed by atoms with E-state index in [0.29, 0.717) is 12.6 Å². The van der Waals surface area contributed by atoms with Crippen molar-refractivity contribution in [2.75, 3.05) is 46.4 Å². The number of aliphatic hydroxyl groups excluding tert-OH is 1. The first-order chi connectivity index (χ1) is 10.8. The number of rotatable bonds is 5. The predicted molar refractivity (Wildman–Crippen MR) is 92.3 cm³/mol. The van der Waals surface area contributed by atoms with Crippen LogP contribution in [-0.4, -0.2) is 78.3 Å². The largest absolute Gasteiger partial charge is 0.396 e. The number of thiophene rings is 1. The van der Waals surface area contributed by atoms with Crippen LogP contribution in [0.3, 0.4) is 0 Å². The van der Waals surface area contributed by atoms with E-state index in [4.69, 9.17) is 0 Å². The van der Waals surface area contributed by atoms with E-state index in [2.05, 4.69) is 39.3 Å². The van der Waals surface area contributed by atoms with Crippen molar-refractivity contribution in [2.45, 2.75) is 37.9 Å². The first-order valence-electron chi connectivity index (χ1n) is 8.56. The van der Waals surface area contributed by atoms with Crippen LogP contribution in [0, 0.1) is 0 Å². The molecule has 1 N–H and O–H groups in total. The predicted octanol–water partition coefficient (Wildman–Crippen LogP) is 1.71. The Labute approximate surface area is 138 Å². The molecule has 0 saturated carbocycles. The summed E-state index contributed by atoms with van der Waals surface area (Å²) in [5.74, 6) is 0. The van der Waals surface area contributed by atoms with Crippen molar-refractivity contribution in [3.63, 3.8) is 0 Å². The molecule has 3 heterocycles. The summed E-state index contributed by atoms with van der Waals surface area (Å²) in [6, 6.07) is 5.61. The minimum atomic E-state index is 0.306. The van der Waals surface area contributed by atoms with Crippen LogP contribution in [0.2, 0.25) is 0 Å². The lowest BCUT2D eigenvalue weighted by Crippen LogP contribution is -2.58. The SMILES string of the molecule is CN1CCC(N2CCN(Cc3cccs3)CC2CCO)CC1. The van der Waals surface area contributed by atoms with Crippen molar-refractivity contribution >= 4 is 11.3 Å². The molecule has 2 aliphatic rings. The normalized spacial score (nSPS) is 26.5. The zero-order valence-electron chi connectivity index (χ0n) is 13.7. The molecule has 3 rings (SSSR count). The second-order valence-electron chi connectivity index (χ2n) is 6.75. The van der Waals surface area contributed by atoms with Crippen molar-refractivity contribution in [3.05, 3.63) is 22.4 Å². The van der Waals surface area contributed by atoms with Gasteiger partial charge in [-0.25, -0.2) is 0 Å². The van der Waals surface area contributed by atoms with E-state index < -0.39 is 0 Å². The van der Waals surface area contributed by atoms with E-state index >= 15 is 0 Å². The molecule has 0 aromatic carbocycles. The third-order valence-corrected chi connectivity index (χ3v) is 6.05. The maximum Gasteiger partial charge on any atom is 0.0446 e. The molecule has 4 nitrogen and oxygen atoms in total. The van der Waals surface area contributed by atoms with E-state index in [9.17, 15) is 5.11 Å². The molecule has 1 unspecified atom stereocenters. The van der Waals surface area contributed by atoms with Gasteiger partial charge in [0, 0.05) is 49.7 Å². The Balaban J connectivity index is 1.58. The molecule has 1 atom stereocenters.